The number of nitrogens with zero attached hydrogens (tertiary/aromatic N) is 2. The van der Waals surface area contributed by atoms with E-state index in [1.807, 2.05) is 18.2 Å². The van der Waals surface area contributed by atoms with E-state index < -0.39 is 0 Å². The van der Waals surface area contributed by atoms with Crippen molar-refractivity contribution in [2.45, 2.75) is 31.7 Å². The first kappa shape index (κ1) is 14.7. The molecule has 1 amide bonds. The monoisotopic (exact) mass is 295 g/mol. The summed E-state index contributed by atoms with van der Waals surface area (Å²) in [7, 11) is 0. The molecule has 0 bridgehead atoms. The molecule has 1 saturated carbocycles. The summed E-state index contributed by atoms with van der Waals surface area (Å²) in [5, 5.41) is 13.5. The van der Waals surface area contributed by atoms with E-state index in [9.17, 15) is 4.79 Å². The minimum absolute atomic E-state index is 0. The van der Waals surface area contributed by atoms with Crippen molar-refractivity contribution >= 4 is 35.0 Å². The highest BCUT2D eigenvalue weighted by molar-refractivity contribution is 5.94. The molecule has 7 heteroatoms. The third kappa shape index (κ3) is 3.08. The van der Waals surface area contributed by atoms with Gasteiger partial charge in [-0.25, -0.2) is 0 Å². The lowest BCUT2D eigenvalue weighted by molar-refractivity contribution is -0.120. The molecule has 0 spiro atoms. The number of carbonyl (C=O) groups is 1. The Morgan fingerprint density at radius 2 is 2.10 bits per heavy atom. The standard InChI is InChI=1S/C13H17N5O.ClH/c14-9-3-1-2-8(6-9)13(19)15-10-4-5-11-12(7-10)17-18-16-11;/h4-5,7-9H,1-3,6,14H2,(H,15,19)(H,16,17,18);1H. The van der Waals surface area contributed by atoms with Gasteiger partial charge in [-0.05, 0) is 37.5 Å². The molecule has 1 aromatic carbocycles. The maximum absolute atomic E-state index is 12.2. The largest absolute Gasteiger partial charge is 0.328 e. The molecule has 2 aromatic rings. The second-order valence-corrected chi connectivity index (χ2v) is 5.14. The Bertz CT molecular complexity index is 599. The molecule has 0 aliphatic heterocycles. The van der Waals surface area contributed by atoms with Gasteiger partial charge in [-0.3, -0.25) is 4.79 Å². The molecular formula is C13H18ClN5O. The minimum atomic E-state index is 0. The number of benzene rings is 1. The van der Waals surface area contributed by atoms with Crippen LogP contribution in [0.3, 0.4) is 0 Å². The molecule has 0 saturated heterocycles. The van der Waals surface area contributed by atoms with E-state index >= 15 is 0 Å². The second kappa shape index (κ2) is 6.19. The summed E-state index contributed by atoms with van der Waals surface area (Å²) in [6.07, 6.45) is 3.75. The maximum Gasteiger partial charge on any atom is 0.227 e. The van der Waals surface area contributed by atoms with E-state index in [1.54, 1.807) is 0 Å². The number of H-pyrrole nitrogens is 1. The average Bonchev–Trinajstić information content (AvgIpc) is 2.86. The van der Waals surface area contributed by atoms with Crippen molar-refractivity contribution in [2.24, 2.45) is 11.7 Å². The molecule has 1 heterocycles. The van der Waals surface area contributed by atoms with Crippen molar-refractivity contribution in [2.75, 3.05) is 5.32 Å². The van der Waals surface area contributed by atoms with Gasteiger partial charge < -0.3 is 11.1 Å². The van der Waals surface area contributed by atoms with Crippen LogP contribution in [0, 0.1) is 5.92 Å². The van der Waals surface area contributed by atoms with Crippen LogP contribution in [-0.4, -0.2) is 27.4 Å². The van der Waals surface area contributed by atoms with Crippen LogP contribution in [0.2, 0.25) is 0 Å². The lowest BCUT2D eigenvalue weighted by atomic mass is 9.85. The van der Waals surface area contributed by atoms with Gasteiger partial charge in [0.2, 0.25) is 5.91 Å². The summed E-state index contributed by atoms with van der Waals surface area (Å²) in [4.78, 5) is 12.2. The smallest absolute Gasteiger partial charge is 0.227 e. The van der Waals surface area contributed by atoms with Crippen LogP contribution in [-0.2, 0) is 4.79 Å². The zero-order valence-corrected chi connectivity index (χ0v) is 11.8. The van der Waals surface area contributed by atoms with E-state index in [1.165, 1.54) is 0 Å². The van der Waals surface area contributed by atoms with Crippen LogP contribution in [0.4, 0.5) is 5.69 Å². The first-order valence-electron chi connectivity index (χ1n) is 6.59. The highest BCUT2D eigenvalue weighted by Gasteiger charge is 2.25. The summed E-state index contributed by atoms with van der Waals surface area (Å²) >= 11 is 0. The van der Waals surface area contributed by atoms with Gasteiger partial charge >= 0.3 is 0 Å². The number of anilines is 1. The third-order valence-electron chi connectivity index (χ3n) is 3.67. The summed E-state index contributed by atoms with van der Waals surface area (Å²) in [5.74, 6) is 0.0785. The van der Waals surface area contributed by atoms with E-state index in [-0.39, 0.29) is 30.3 Å². The predicted octanol–water partition coefficient (Wildman–Crippen LogP) is 1.84. The molecule has 20 heavy (non-hydrogen) atoms. The first-order chi connectivity index (χ1) is 9.22. The summed E-state index contributed by atoms with van der Waals surface area (Å²) in [6, 6.07) is 5.65. The minimum Gasteiger partial charge on any atom is -0.328 e. The van der Waals surface area contributed by atoms with Gasteiger partial charge in [0, 0.05) is 17.6 Å². The molecule has 1 aliphatic rings. The Morgan fingerprint density at radius 1 is 1.30 bits per heavy atom. The van der Waals surface area contributed by atoms with Crippen LogP contribution < -0.4 is 11.1 Å². The maximum atomic E-state index is 12.2. The van der Waals surface area contributed by atoms with Gasteiger partial charge in [-0.15, -0.1) is 12.4 Å². The molecule has 3 rings (SSSR count). The molecule has 4 N–H and O–H groups in total. The van der Waals surface area contributed by atoms with Crippen molar-refractivity contribution in [1.82, 2.24) is 15.4 Å². The van der Waals surface area contributed by atoms with Gasteiger partial charge in [0.15, 0.2) is 0 Å². The summed E-state index contributed by atoms with van der Waals surface area (Å²) < 4.78 is 0. The number of fused-ring (bicyclic) bond motifs is 1. The van der Waals surface area contributed by atoms with Crippen LogP contribution in [0.15, 0.2) is 18.2 Å². The number of aromatic amines is 1. The molecule has 6 nitrogen and oxygen atoms in total. The van der Waals surface area contributed by atoms with Gasteiger partial charge in [0.1, 0.15) is 11.0 Å². The Balaban J connectivity index is 0.00000147. The third-order valence-corrected chi connectivity index (χ3v) is 3.67. The normalized spacial score (nSPS) is 22.2. The molecule has 2 atom stereocenters. The topological polar surface area (TPSA) is 96.7 Å². The fourth-order valence-corrected chi connectivity index (χ4v) is 2.63. The van der Waals surface area contributed by atoms with Gasteiger partial charge in [-0.1, -0.05) is 6.42 Å². The lowest BCUT2D eigenvalue weighted by Gasteiger charge is -2.25. The van der Waals surface area contributed by atoms with E-state index in [2.05, 4.69) is 20.7 Å². The van der Waals surface area contributed by atoms with Crippen molar-refractivity contribution < 1.29 is 4.79 Å². The molecule has 2 unspecified atom stereocenters. The number of amides is 1. The fourth-order valence-electron chi connectivity index (χ4n) is 2.63. The number of carbonyl (C=O) groups excluding carboxylic acids is 1. The Kier molecular flexibility index (Phi) is 4.57. The quantitative estimate of drug-likeness (QED) is 0.787. The number of halogens is 1. The first-order valence-corrected chi connectivity index (χ1v) is 6.59. The molecule has 108 valence electrons. The van der Waals surface area contributed by atoms with Crippen molar-refractivity contribution in [3.63, 3.8) is 0 Å². The zero-order chi connectivity index (χ0) is 13.2. The second-order valence-electron chi connectivity index (χ2n) is 5.14. The number of hydrogen-bond acceptors (Lipinski definition) is 4. The van der Waals surface area contributed by atoms with Crippen molar-refractivity contribution in [1.29, 1.82) is 0 Å². The van der Waals surface area contributed by atoms with E-state index in [0.29, 0.717) is 0 Å². The van der Waals surface area contributed by atoms with E-state index in [0.717, 1.165) is 42.4 Å². The summed E-state index contributed by atoms with van der Waals surface area (Å²) in [5.41, 5.74) is 8.21. The molecule has 0 radical (unpaired) electrons. The van der Waals surface area contributed by atoms with E-state index in [4.69, 9.17) is 5.73 Å². The molecule has 1 aromatic heterocycles. The van der Waals surface area contributed by atoms with Gasteiger partial charge in [-0.2, -0.15) is 15.4 Å². The molecule has 1 aliphatic carbocycles. The van der Waals surface area contributed by atoms with Crippen molar-refractivity contribution in [3.05, 3.63) is 18.2 Å². The Hall–Kier alpha value is -1.66. The highest BCUT2D eigenvalue weighted by Crippen LogP contribution is 2.25. The summed E-state index contributed by atoms with van der Waals surface area (Å²) in [6.45, 7) is 0. The van der Waals surface area contributed by atoms with Gasteiger partial charge in [0.25, 0.3) is 0 Å². The fraction of sp³-hybridized carbons (Fsp3) is 0.462. The highest BCUT2D eigenvalue weighted by atomic mass is 35.5. The number of hydrogen-bond donors (Lipinski definition) is 3. The Labute approximate surface area is 122 Å². The number of rotatable bonds is 2. The van der Waals surface area contributed by atoms with Crippen LogP contribution in [0.25, 0.3) is 11.0 Å². The zero-order valence-electron chi connectivity index (χ0n) is 11.0. The molecule has 1 fully saturated rings. The lowest BCUT2D eigenvalue weighted by Crippen LogP contribution is -2.34. The predicted molar refractivity (Wildman–Crippen MR) is 79.7 cm³/mol. The average molecular weight is 296 g/mol. The SMILES string of the molecule is Cl.NC1CCCC(C(=O)Nc2ccc3n[nH]nc3c2)C1. The van der Waals surface area contributed by atoms with Crippen LogP contribution >= 0.6 is 12.4 Å². The van der Waals surface area contributed by atoms with Crippen molar-refractivity contribution in [3.8, 4) is 0 Å². The molecular weight excluding hydrogens is 278 g/mol. The van der Waals surface area contributed by atoms with Crippen LogP contribution in [0.1, 0.15) is 25.7 Å². The Morgan fingerprint density at radius 3 is 2.90 bits per heavy atom. The number of aromatic nitrogens is 3. The van der Waals surface area contributed by atoms with Crippen LogP contribution in [0.5, 0.6) is 0 Å². The number of nitrogens with two attached hydrogens (primary N) is 1. The number of nitrogens with one attached hydrogen (secondary N) is 2. The van der Waals surface area contributed by atoms with Gasteiger partial charge in [0.05, 0.1) is 0 Å².